The molecule has 30 heavy (non-hydrogen) atoms. The van der Waals surface area contributed by atoms with E-state index in [4.69, 9.17) is 16.7 Å². The van der Waals surface area contributed by atoms with Gasteiger partial charge < -0.3 is 10.2 Å². The zero-order chi connectivity index (χ0) is 21.6. The van der Waals surface area contributed by atoms with Gasteiger partial charge in [-0.25, -0.2) is 9.18 Å². The number of hydrogen-bond donors (Lipinski definition) is 2. The fourth-order valence-corrected chi connectivity index (χ4v) is 3.66. The molecule has 6 nitrogen and oxygen atoms in total. The first kappa shape index (κ1) is 19.6. The first-order chi connectivity index (χ1) is 14.3. The number of rotatable bonds is 3. The Kier molecular flexibility index (Phi) is 4.75. The van der Waals surface area contributed by atoms with E-state index in [0.29, 0.717) is 5.56 Å². The predicted molar refractivity (Wildman–Crippen MR) is 110 cm³/mol. The third kappa shape index (κ3) is 3.09. The van der Waals surface area contributed by atoms with Crippen molar-refractivity contribution < 1.29 is 24.2 Å². The van der Waals surface area contributed by atoms with E-state index in [2.05, 4.69) is 5.10 Å². The molecule has 0 radical (unpaired) electrons. The molecule has 0 aliphatic carbocycles. The fraction of sp³-hybridized carbons (Fsp3) is 0.0455. The number of aromatic hydroxyl groups is 1. The minimum atomic E-state index is -1.30. The van der Waals surface area contributed by atoms with Crippen LogP contribution in [0.1, 0.15) is 26.3 Å². The molecule has 0 amide bonds. The summed E-state index contributed by atoms with van der Waals surface area (Å²) in [6.45, 7) is 1.73. The summed E-state index contributed by atoms with van der Waals surface area (Å²) in [4.78, 5) is 24.4. The molecule has 3 aromatic carbocycles. The average molecular weight is 425 g/mol. The Morgan fingerprint density at radius 1 is 1.10 bits per heavy atom. The number of hydrogen-bond acceptors (Lipinski definition) is 4. The summed E-state index contributed by atoms with van der Waals surface area (Å²) in [6, 6.07) is 13.0. The van der Waals surface area contributed by atoms with Gasteiger partial charge in [-0.3, -0.25) is 4.79 Å². The molecule has 0 spiro atoms. The molecule has 2 N–H and O–H groups in total. The summed E-state index contributed by atoms with van der Waals surface area (Å²) in [5.41, 5.74) is 1.14. The third-order valence-electron chi connectivity index (χ3n) is 4.79. The van der Waals surface area contributed by atoms with Gasteiger partial charge in [0.2, 0.25) is 0 Å². The van der Waals surface area contributed by atoms with E-state index < -0.39 is 23.4 Å². The molecule has 0 aliphatic rings. The monoisotopic (exact) mass is 424 g/mol. The van der Waals surface area contributed by atoms with Gasteiger partial charge >= 0.3 is 5.97 Å². The van der Waals surface area contributed by atoms with E-state index in [1.807, 2.05) is 0 Å². The number of aryl methyl sites for hydroxylation is 1. The van der Waals surface area contributed by atoms with E-state index in [1.165, 1.54) is 30.3 Å². The molecule has 1 aromatic heterocycles. The highest BCUT2D eigenvalue weighted by Gasteiger charge is 2.24. The zero-order valence-corrected chi connectivity index (χ0v) is 16.3. The second-order valence-electron chi connectivity index (χ2n) is 6.67. The van der Waals surface area contributed by atoms with Crippen LogP contribution in [0.4, 0.5) is 4.39 Å². The lowest BCUT2D eigenvalue weighted by atomic mass is 10.0. The number of aromatic carboxylic acids is 1. The van der Waals surface area contributed by atoms with Crippen LogP contribution < -0.4 is 0 Å². The van der Waals surface area contributed by atoms with Crippen molar-refractivity contribution in [2.45, 2.75) is 6.92 Å². The van der Waals surface area contributed by atoms with E-state index in [1.54, 1.807) is 31.2 Å². The van der Waals surface area contributed by atoms with Crippen LogP contribution in [-0.2, 0) is 0 Å². The normalized spacial score (nSPS) is 11.0. The van der Waals surface area contributed by atoms with Gasteiger partial charge in [0.25, 0.3) is 5.91 Å². The van der Waals surface area contributed by atoms with E-state index in [0.717, 1.165) is 4.68 Å². The largest absolute Gasteiger partial charge is 0.507 e. The van der Waals surface area contributed by atoms with Crippen molar-refractivity contribution in [2.24, 2.45) is 0 Å². The Balaban J connectivity index is 1.97. The lowest BCUT2D eigenvalue weighted by molar-refractivity contribution is 0.0693. The van der Waals surface area contributed by atoms with Crippen LogP contribution in [0.3, 0.4) is 0 Å². The van der Waals surface area contributed by atoms with Crippen molar-refractivity contribution >= 4 is 34.4 Å². The Morgan fingerprint density at radius 3 is 2.50 bits per heavy atom. The molecule has 0 atom stereocenters. The maximum atomic E-state index is 14.7. The molecule has 0 aliphatic heterocycles. The second kappa shape index (κ2) is 7.27. The van der Waals surface area contributed by atoms with Gasteiger partial charge in [0.05, 0.1) is 21.5 Å². The lowest BCUT2D eigenvalue weighted by Gasteiger charge is -2.08. The number of aromatic nitrogens is 2. The maximum Gasteiger partial charge on any atom is 0.339 e. The number of carboxylic acids is 1. The van der Waals surface area contributed by atoms with Crippen molar-refractivity contribution in [2.75, 3.05) is 0 Å². The van der Waals surface area contributed by atoms with Crippen molar-refractivity contribution in [3.8, 4) is 17.0 Å². The van der Waals surface area contributed by atoms with Crippen LogP contribution in [0.15, 0.2) is 54.6 Å². The number of halogens is 2. The van der Waals surface area contributed by atoms with Gasteiger partial charge in [-0.1, -0.05) is 35.9 Å². The quantitative estimate of drug-likeness (QED) is 0.488. The highest BCUT2D eigenvalue weighted by atomic mass is 35.5. The molecule has 0 bridgehead atoms. The topological polar surface area (TPSA) is 92.4 Å². The SMILES string of the molecule is Cc1cccc(Cl)c1C(=O)n1nc(-c2ccc(C(=O)O)c(O)c2)c2c(F)cccc21. The van der Waals surface area contributed by atoms with Crippen LogP contribution in [0, 0.1) is 12.7 Å². The standard InChI is InChI=1S/C22H14ClFN2O4/c1-11-4-2-5-14(23)18(11)21(28)26-16-7-3-6-15(24)19(16)20(25-26)12-8-9-13(22(29)30)17(27)10-12/h2-10,27H,1H3,(H,29,30). The van der Waals surface area contributed by atoms with E-state index in [9.17, 15) is 19.1 Å². The minimum Gasteiger partial charge on any atom is -0.507 e. The Hall–Kier alpha value is -3.71. The van der Waals surface area contributed by atoms with Gasteiger partial charge in [-0.15, -0.1) is 0 Å². The summed E-state index contributed by atoms with van der Waals surface area (Å²) in [5.74, 6) is -2.94. The summed E-state index contributed by atoms with van der Waals surface area (Å²) < 4.78 is 15.8. The fourth-order valence-electron chi connectivity index (χ4n) is 3.35. The third-order valence-corrected chi connectivity index (χ3v) is 5.10. The first-order valence-electron chi connectivity index (χ1n) is 8.83. The van der Waals surface area contributed by atoms with Crippen LogP contribution in [0.2, 0.25) is 5.02 Å². The molecule has 0 unspecified atom stereocenters. The lowest BCUT2D eigenvalue weighted by Crippen LogP contribution is -2.15. The highest BCUT2D eigenvalue weighted by Crippen LogP contribution is 2.34. The Labute approximate surface area is 174 Å². The highest BCUT2D eigenvalue weighted by molar-refractivity contribution is 6.34. The molecular formula is C22H14ClFN2O4. The summed E-state index contributed by atoms with van der Waals surface area (Å²) >= 11 is 6.22. The van der Waals surface area contributed by atoms with Gasteiger partial charge in [0.15, 0.2) is 0 Å². The molecule has 1 heterocycles. The number of nitrogens with zero attached hydrogens (tertiary/aromatic N) is 2. The van der Waals surface area contributed by atoms with Crippen molar-refractivity contribution in [1.82, 2.24) is 9.78 Å². The van der Waals surface area contributed by atoms with Gasteiger partial charge in [-0.05, 0) is 42.8 Å². The number of carbonyl (C=O) groups is 2. The minimum absolute atomic E-state index is 0.0676. The zero-order valence-electron chi connectivity index (χ0n) is 15.6. The number of carboxylic acid groups (broad SMARTS) is 1. The molecule has 4 aromatic rings. The smallest absolute Gasteiger partial charge is 0.339 e. The molecule has 4 rings (SSSR count). The second-order valence-corrected chi connectivity index (χ2v) is 7.08. The summed E-state index contributed by atoms with van der Waals surface area (Å²) in [5, 5.41) is 23.8. The molecule has 0 saturated heterocycles. The van der Waals surface area contributed by atoms with Crippen molar-refractivity contribution in [3.63, 3.8) is 0 Å². The van der Waals surface area contributed by atoms with Crippen LogP contribution in [0.25, 0.3) is 22.2 Å². The average Bonchev–Trinajstić information content (AvgIpc) is 3.08. The number of fused-ring (bicyclic) bond motifs is 1. The van der Waals surface area contributed by atoms with Crippen LogP contribution >= 0.6 is 11.6 Å². The van der Waals surface area contributed by atoms with Gasteiger partial charge in [-0.2, -0.15) is 9.78 Å². The van der Waals surface area contributed by atoms with Gasteiger partial charge in [0, 0.05) is 5.56 Å². The van der Waals surface area contributed by atoms with E-state index in [-0.39, 0.29) is 38.3 Å². The molecule has 8 heteroatoms. The maximum absolute atomic E-state index is 14.7. The van der Waals surface area contributed by atoms with Crippen molar-refractivity contribution in [3.05, 3.63) is 82.1 Å². The molecular weight excluding hydrogens is 411 g/mol. The summed E-state index contributed by atoms with van der Waals surface area (Å²) in [7, 11) is 0. The van der Waals surface area contributed by atoms with Gasteiger partial charge in [0.1, 0.15) is 22.8 Å². The number of benzene rings is 3. The van der Waals surface area contributed by atoms with Crippen molar-refractivity contribution in [1.29, 1.82) is 0 Å². The molecule has 0 fully saturated rings. The predicted octanol–water partition coefficient (Wildman–Crippen LogP) is 4.90. The number of phenols is 1. The Morgan fingerprint density at radius 2 is 1.83 bits per heavy atom. The molecule has 0 saturated carbocycles. The first-order valence-corrected chi connectivity index (χ1v) is 9.21. The molecule has 150 valence electrons. The Bertz CT molecular complexity index is 1330. The van der Waals surface area contributed by atoms with E-state index >= 15 is 0 Å². The number of carbonyl (C=O) groups excluding carboxylic acids is 1. The summed E-state index contributed by atoms with van der Waals surface area (Å²) in [6.07, 6.45) is 0. The van der Waals surface area contributed by atoms with Crippen LogP contribution in [0.5, 0.6) is 5.75 Å². The van der Waals surface area contributed by atoms with Crippen LogP contribution in [-0.4, -0.2) is 31.9 Å².